The van der Waals surface area contributed by atoms with E-state index in [1.807, 2.05) is 7.05 Å². The predicted molar refractivity (Wildman–Crippen MR) is 35.9 cm³/mol. The van der Waals surface area contributed by atoms with Gasteiger partial charge in [-0.3, -0.25) is 0 Å². The van der Waals surface area contributed by atoms with Gasteiger partial charge in [-0.2, -0.15) is 0 Å². The van der Waals surface area contributed by atoms with Crippen molar-refractivity contribution in [2.24, 2.45) is 0 Å². The first-order valence-electron chi connectivity index (χ1n) is 3.38. The molecule has 1 saturated heterocycles. The molecule has 3 nitrogen and oxygen atoms in total. The lowest BCUT2D eigenvalue weighted by Crippen LogP contribution is -2.32. The van der Waals surface area contributed by atoms with E-state index >= 15 is 0 Å². The fourth-order valence-corrected chi connectivity index (χ4v) is 1.23. The highest BCUT2D eigenvalue weighted by Crippen LogP contribution is 2.06. The van der Waals surface area contributed by atoms with Gasteiger partial charge < -0.3 is 5.11 Å². The quantitative estimate of drug-likeness (QED) is 0.520. The van der Waals surface area contributed by atoms with Gasteiger partial charge in [0.1, 0.15) is 0 Å². The molecule has 1 unspecified atom stereocenters. The van der Waals surface area contributed by atoms with Crippen LogP contribution in [0, 0.1) is 0 Å². The lowest BCUT2D eigenvalue weighted by atomic mass is 10.4. The largest absolute Gasteiger partial charge is 0.390 e. The zero-order valence-corrected chi connectivity index (χ0v) is 6.04. The molecule has 0 saturated carbocycles. The molecule has 0 aliphatic carbocycles. The van der Waals surface area contributed by atoms with Gasteiger partial charge in [0, 0.05) is 26.7 Å². The van der Waals surface area contributed by atoms with Gasteiger partial charge in [0.25, 0.3) is 0 Å². The van der Waals surface area contributed by atoms with Crippen molar-refractivity contribution >= 4 is 0 Å². The number of rotatable bonds is 1. The van der Waals surface area contributed by atoms with Crippen molar-refractivity contribution in [1.82, 2.24) is 10.0 Å². The highest BCUT2D eigenvalue weighted by Gasteiger charge is 2.23. The average Bonchev–Trinajstić information content (AvgIpc) is 2.10. The third kappa shape index (κ3) is 1.41. The Hall–Kier alpha value is -0.120. The standard InChI is InChI=1S/C6H14N2O/c1-3-8-5-6(9)4-7(8)2/h6,9H,3-5H2,1-2H3. The second-order valence-corrected chi connectivity index (χ2v) is 2.50. The molecule has 0 aromatic heterocycles. The number of hydrogen-bond acceptors (Lipinski definition) is 3. The van der Waals surface area contributed by atoms with Crippen LogP contribution in [0.2, 0.25) is 0 Å². The van der Waals surface area contributed by atoms with Crippen molar-refractivity contribution < 1.29 is 5.11 Å². The van der Waals surface area contributed by atoms with E-state index in [0.717, 1.165) is 19.6 Å². The van der Waals surface area contributed by atoms with Gasteiger partial charge in [0.05, 0.1) is 6.10 Å². The summed E-state index contributed by atoms with van der Waals surface area (Å²) in [6.07, 6.45) is -0.144. The molecular weight excluding hydrogens is 116 g/mol. The summed E-state index contributed by atoms with van der Waals surface area (Å²) in [7, 11) is 2.00. The highest BCUT2D eigenvalue weighted by molar-refractivity contribution is 4.71. The van der Waals surface area contributed by atoms with Crippen LogP contribution in [0.5, 0.6) is 0 Å². The number of likely N-dealkylation sites (N-methyl/N-ethyl adjacent to an activating group) is 2. The molecule has 9 heavy (non-hydrogen) atoms. The number of hydrazine groups is 1. The summed E-state index contributed by atoms with van der Waals surface area (Å²) >= 11 is 0. The van der Waals surface area contributed by atoms with E-state index in [0.29, 0.717) is 0 Å². The Labute approximate surface area is 55.8 Å². The van der Waals surface area contributed by atoms with Crippen molar-refractivity contribution in [3.05, 3.63) is 0 Å². The highest BCUT2D eigenvalue weighted by atomic mass is 16.3. The average molecular weight is 130 g/mol. The lowest BCUT2D eigenvalue weighted by molar-refractivity contribution is 0.0628. The maximum atomic E-state index is 9.12. The van der Waals surface area contributed by atoms with Gasteiger partial charge in [-0.25, -0.2) is 10.0 Å². The Kier molecular flexibility index (Phi) is 2.05. The zero-order chi connectivity index (χ0) is 6.85. The van der Waals surface area contributed by atoms with Crippen molar-refractivity contribution in [2.75, 3.05) is 26.7 Å². The number of hydrogen-bond donors (Lipinski definition) is 1. The van der Waals surface area contributed by atoms with E-state index in [4.69, 9.17) is 5.11 Å². The molecule has 1 atom stereocenters. The molecule has 0 bridgehead atoms. The van der Waals surface area contributed by atoms with Crippen molar-refractivity contribution in [1.29, 1.82) is 0 Å². The second-order valence-electron chi connectivity index (χ2n) is 2.50. The molecule has 0 amide bonds. The summed E-state index contributed by atoms with van der Waals surface area (Å²) < 4.78 is 0. The van der Waals surface area contributed by atoms with E-state index in [2.05, 4.69) is 16.9 Å². The molecule has 0 radical (unpaired) electrons. The summed E-state index contributed by atoms with van der Waals surface area (Å²) in [6, 6.07) is 0. The van der Waals surface area contributed by atoms with Crippen LogP contribution in [0.15, 0.2) is 0 Å². The minimum Gasteiger partial charge on any atom is -0.390 e. The smallest absolute Gasteiger partial charge is 0.0821 e. The van der Waals surface area contributed by atoms with E-state index in [1.54, 1.807) is 0 Å². The van der Waals surface area contributed by atoms with Crippen molar-refractivity contribution in [2.45, 2.75) is 13.0 Å². The Morgan fingerprint density at radius 3 is 2.44 bits per heavy atom. The molecule has 3 heteroatoms. The fraction of sp³-hybridized carbons (Fsp3) is 1.00. The Morgan fingerprint density at radius 2 is 2.22 bits per heavy atom. The second kappa shape index (κ2) is 2.64. The van der Waals surface area contributed by atoms with Gasteiger partial charge in [0.15, 0.2) is 0 Å². The van der Waals surface area contributed by atoms with Gasteiger partial charge in [-0.15, -0.1) is 0 Å². The van der Waals surface area contributed by atoms with Crippen molar-refractivity contribution in [3.63, 3.8) is 0 Å². The lowest BCUT2D eigenvalue weighted by Gasteiger charge is -2.20. The van der Waals surface area contributed by atoms with Crippen LogP contribution < -0.4 is 0 Å². The first-order valence-corrected chi connectivity index (χ1v) is 3.38. The van der Waals surface area contributed by atoms with Crippen LogP contribution in [0.25, 0.3) is 0 Å². The molecule has 54 valence electrons. The zero-order valence-electron chi connectivity index (χ0n) is 6.04. The summed E-state index contributed by atoms with van der Waals surface area (Å²) in [4.78, 5) is 0. The summed E-state index contributed by atoms with van der Waals surface area (Å²) in [5.74, 6) is 0. The Morgan fingerprint density at radius 1 is 1.56 bits per heavy atom. The normalized spacial score (nSPS) is 31.7. The minimum absolute atomic E-state index is 0.144. The summed E-state index contributed by atoms with van der Waals surface area (Å²) in [6.45, 7) is 4.67. The maximum Gasteiger partial charge on any atom is 0.0821 e. The first kappa shape index (κ1) is 6.99. The molecule has 1 fully saturated rings. The monoisotopic (exact) mass is 130 g/mol. The van der Waals surface area contributed by atoms with Gasteiger partial charge in [0.2, 0.25) is 0 Å². The number of aliphatic hydroxyl groups excluding tert-OH is 1. The van der Waals surface area contributed by atoms with Crippen LogP contribution in [0.4, 0.5) is 0 Å². The molecule has 1 heterocycles. The van der Waals surface area contributed by atoms with Gasteiger partial charge in [-0.05, 0) is 0 Å². The molecule has 0 aromatic carbocycles. The maximum absolute atomic E-state index is 9.12. The van der Waals surface area contributed by atoms with Crippen LogP contribution >= 0.6 is 0 Å². The third-order valence-electron chi connectivity index (χ3n) is 1.74. The van der Waals surface area contributed by atoms with E-state index in [1.165, 1.54) is 0 Å². The van der Waals surface area contributed by atoms with Crippen LogP contribution in [-0.2, 0) is 0 Å². The number of aliphatic hydroxyl groups is 1. The molecule has 1 aliphatic heterocycles. The number of β-amino-alcohol motifs (C(OH)–C–C–N with tert-alkyl or cyclic N) is 1. The van der Waals surface area contributed by atoms with Crippen LogP contribution in [0.1, 0.15) is 6.92 Å². The van der Waals surface area contributed by atoms with E-state index < -0.39 is 0 Å². The Bertz CT molecular complexity index is 97.1. The topological polar surface area (TPSA) is 26.7 Å². The van der Waals surface area contributed by atoms with Gasteiger partial charge >= 0.3 is 0 Å². The Balaban J connectivity index is 2.38. The molecule has 1 rings (SSSR count). The van der Waals surface area contributed by atoms with E-state index in [-0.39, 0.29) is 6.10 Å². The molecular formula is C6H14N2O. The minimum atomic E-state index is -0.144. The van der Waals surface area contributed by atoms with Crippen LogP contribution in [0.3, 0.4) is 0 Å². The van der Waals surface area contributed by atoms with Crippen LogP contribution in [-0.4, -0.2) is 47.9 Å². The number of nitrogens with zero attached hydrogens (tertiary/aromatic N) is 2. The third-order valence-corrected chi connectivity index (χ3v) is 1.74. The first-order chi connectivity index (χ1) is 4.24. The predicted octanol–water partition coefficient (Wildman–Crippen LogP) is -0.470. The molecule has 1 N–H and O–H groups in total. The SMILES string of the molecule is CCN1CC(O)CN1C. The molecule has 1 aliphatic rings. The van der Waals surface area contributed by atoms with E-state index in [9.17, 15) is 0 Å². The fourth-order valence-electron chi connectivity index (χ4n) is 1.23. The summed E-state index contributed by atoms with van der Waals surface area (Å²) in [5.41, 5.74) is 0. The summed E-state index contributed by atoms with van der Waals surface area (Å²) in [5, 5.41) is 13.3. The molecule has 0 spiro atoms. The van der Waals surface area contributed by atoms with Gasteiger partial charge in [-0.1, -0.05) is 6.92 Å². The molecule has 0 aromatic rings. The van der Waals surface area contributed by atoms with Crippen molar-refractivity contribution in [3.8, 4) is 0 Å².